The summed E-state index contributed by atoms with van der Waals surface area (Å²) in [7, 11) is 0. The number of hydrogen-bond donors (Lipinski definition) is 1. The highest BCUT2D eigenvalue weighted by Gasteiger charge is 2.38. The number of carbonyl (C=O) groups excluding carboxylic acids is 2. The van der Waals surface area contributed by atoms with Crippen molar-refractivity contribution in [3.63, 3.8) is 0 Å². The summed E-state index contributed by atoms with van der Waals surface area (Å²) < 4.78 is 17.6. The zero-order valence-corrected chi connectivity index (χ0v) is 15.9. The van der Waals surface area contributed by atoms with E-state index in [0.29, 0.717) is 19.8 Å². The minimum atomic E-state index is -0.770. The summed E-state index contributed by atoms with van der Waals surface area (Å²) in [6.45, 7) is 2.95. The van der Waals surface area contributed by atoms with E-state index >= 15 is 0 Å². The first kappa shape index (κ1) is 19.0. The number of esters is 1. The van der Waals surface area contributed by atoms with Crippen LogP contribution in [0.3, 0.4) is 0 Å². The molecule has 1 amide bonds. The predicted octanol–water partition coefficient (Wildman–Crippen LogP) is 0.960. The first-order valence-electron chi connectivity index (χ1n) is 9.39. The Bertz CT molecular complexity index is 988. The molecule has 0 saturated carbocycles. The molecule has 4 rings (SSSR count). The van der Waals surface area contributed by atoms with E-state index in [1.807, 2.05) is 30.3 Å². The maximum absolute atomic E-state index is 13.1. The van der Waals surface area contributed by atoms with Gasteiger partial charge < -0.3 is 24.5 Å². The number of fused-ring (bicyclic) bond motifs is 2. The van der Waals surface area contributed by atoms with Gasteiger partial charge in [0.15, 0.2) is 11.4 Å². The fraction of sp³-hybridized carbons (Fsp3) is 0.350. The molecule has 0 bridgehead atoms. The summed E-state index contributed by atoms with van der Waals surface area (Å²) >= 11 is 0. The molecule has 1 saturated heterocycles. The second kappa shape index (κ2) is 7.96. The van der Waals surface area contributed by atoms with E-state index in [2.05, 4.69) is 5.43 Å². The Morgan fingerprint density at radius 3 is 2.83 bits per heavy atom. The SMILES string of the molecule is CCOC(=O)c1cn2c(c(OCc3ccccc3)c1=O)C(=O)N1CCOC[C@H]1N2. The number of carbonyl (C=O) groups is 2. The van der Waals surface area contributed by atoms with Crippen molar-refractivity contribution >= 4 is 11.9 Å². The molecule has 2 aliphatic rings. The molecular weight excluding hydrogens is 378 g/mol. The van der Waals surface area contributed by atoms with Crippen molar-refractivity contribution in [3.8, 4) is 5.75 Å². The van der Waals surface area contributed by atoms with E-state index in [-0.39, 0.29) is 36.1 Å². The number of nitrogens with zero attached hydrogens (tertiary/aromatic N) is 2. The lowest BCUT2D eigenvalue weighted by Crippen LogP contribution is -2.59. The molecule has 1 N–H and O–H groups in total. The fourth-order valence-electron chi connectivity index (χ4n) is 3.36. The summed E-state index contributed by atoms with van der Waals surface area (Å²) in [6.07, 6.45) is 0.887. The Balaban J connectivity index is 1.78. The van der Waals surface area contributed by atoms with Gasteiger partial charge in [-0.25, -0.2) is 4.79 Å². The third-order valence-electron chi connectivity index (χ3n) is 4.77. The highest BCUT2D eigenvalue weighted by Crippen LogP contribution is 2.24. The fourth-order valence-corrected chi connectivity index (χ4v) is 3.36. The van der Waals surface area contributed by atoms with Crippen molar-refractivity contribution in [3.05, 3.63) is 63.6 Å². The van der Waals surface area contributed by atoms with Gasteiger partial charge in [0, 0.05) is 12.7 Å². The van der Waals surface area contributed by atoms with Gasteiger partial charge >= 0.3 is 5.97 Å². The number of morpholine rings is 1. The number of amides is 1. The standard InChI is InChI=1S/C20H21N3O6/c1-2-28-20(26)14-10-23-16(19(25)22-8-9-27-12-15(22)21-23)18(17(14)24)29-11-13-6-4-3-5-7-13/h3-7,10,15,21H,2,8-9,11-12H2,1H3/t15-/m0/s1. The van der Waals surface area contributed by atoms with Crippen LogP contribution in [0.15, 0.2) is 41.3 Å². The Labute approximate surface area is 166 Å². The lowest BCUT2D eigenvalue weighted by Gasteiger charge is -2.41. The average Bonchev–Trinajstić information content (AvgIpc) is 2.74. The third-order valence-corrected chi connectivity index (χ3v) is 4.77. The van der Waals surface area contributed by atoms with Gasteiger partial charge in [-0.15, -0.1) is 0 Å². The van der Waals surface area contributed by atoms with Gasteiger partial charge in [0.1, 0.15) is 18.3 Å². The van der Waals surface area contributed by atoms with E-state index in [4.69, 9.17) is 14.2 Å². The molecule has 0 radical (unpaired) electrons. The number of hydrogen-bond acceptors (Lipinski definition) is 7. The zero-order chi connectivity index (χ0) is 20.4. The first-order chi connectivity index (χ1) is 14.1. The second-order valence-electron chi connectivity index (χ2n) is 6.63. The van der Waals surface area contributed by atoms with Crippen LogP contribution in [0.4, 0.5) is 0 Å². The van der Waals surface area contributed by atoms with Crippen LogP contribution in [-0.4, -0.2) is 54.0 Å². The number of pyridine rings is 1. The summed E-state index contributed by atoms with van der Waals surface area (Å²) in [5.74, 6) is -1.30. The van der Waals surface area contributed by atoms with Crippen LogP contribution in [0.1, 0.15) is 33.3 Å². The minimum Gasteiger partial charge on any atom is -0.482 e. The molecule has 3 heterocycles. The first-order valence-corrected chi connectivity index (χ1v) is 9.39. The van der Waals surface area contributed by atoms with Crippen LogP contribution >= 0.6 is 0 Å². The van der Waals surface area contributed by atoms with Crippen molar-refractivity contribution in [2.45, 2.75) is 19.7 Å². The molecule has 2 aromatic rings. The number of ether oxygens (including phenoxy) is 3. The summed E-state index contributed by atoms with van der Waals surface area (Å²) in [5, 5.41) is 0. The summed E-state index contributed by atoms with van der Waals surface area (Å²) in [6, 6.07) is 9.25. The van der Waals surface area contributed by atoms with Crippen molar-refractivity contribution < 1.29 is 23.8 Å². The largest absolute Gasteiger partial charge is 0.482 e. The van der Waals surface area contributed by atoms with E-state index in [1.54, 1.807) is 11.8 Å². The van der Waals surface area contributed by atoms with Crippen molar-refractivity contribution in [1.29, 1.82) is 0 Å². The molecule has 1 atom stereocenters. The Morgan fingerprint density at radius 2 is 2.07 bits per heavy atom. The van der Waals surface area contributed by atoms with Crippen LogP contribution in [-0.2, 0) is 16.1 Å². The summed E-state index contributed by atoms with van der Waals surface area (Å²) in [4.78, 5) is 40.0. The molecule has 0 spiro atoms. The van der Waals surface area contributed by atoms with Gasteiger partial charge in [0.2, 0.25) is 5.43 Å². The smallest absolute Gasteiger partial charge is 0.343 e. The third kappa shape index (κ3) is 3.56. The molecule has 1 aromatic carbocycles. The van der Waals surface area contributed by atoms with Crippen LogP contribution < -0.4 is 15.6 Å². The van der Waals surface area contributed by atoms with Crippen LogP contribution in [0, 0.1) is 0 Å². The van der Waals surface area contributed by atoms with Crippen molar-refractivity contribution in [1.82, 2.24) is 9.58 Å². The maximum atomic E-state index is 13.1. The normalized spacial score (nSPS) is 17.8. The molecule has 152 valence electrons. The van der Waals surface area contributed by atoms with E-state index in [9.17, 15) is 14.4 Å². The Morgan fingerprint density at radius 1 is 1.28 bits per heavy atom. The number of nitrogens with one attached hydrogen (secondary N) is 1. The van der Waals surface area contributed by atoms with E-state index in [0.717, 1.165) is 5.56 Å². The maximum Gasteiger partial charge on any atom is 0.343 e. The molecule has 0 aliphatic carbocycles. The van der Waals surface area contributed by atoms with E-state index < -0.39 is 17.6 Å². The molecule has 9 nitrogen and oxygen atoms in total. The molecule has 0 unspecified atom stereocenters. The van der Waals surface area contributed by atoms with Gasteiger partial charge in [-0.1, -0.05) is 30.3 Å². The number of aromatic nitrogens is 1. The zero-order valence-electron chi connectivity index (χ0n) is 15.9. The lowest BCUT2D eigenvalue weighted by molar-refractivity contribution is -0.00334. The number of rotatable bonds is 5. The highest BCUT2D eigenvalue weighted by atomic mass is 16.5. The molecule has 1 aromatic heterocycles. The molecule has 2 aliphatic heterocycles. The predicted molar refractivity (Wildman–Crippen MR) is 102 cm³/mol. The van der Waals surface area contributed by atoms with Crippen LogP contribution in [0.25, 0.3) is 0 Å². The van der Waals surface area contributed by atoms with Crippen LogP contribution in [0.5, 0.6) is 5.75 Å². The molecule has 9 heteroatoms. The van der Waals surface area contributed by atoms with Gasteiger partial charge in [0.25, 0.3) is 5.91 Å². The van der Waals surface area contributed by atoms with Crippen molar-refractivity contribution in [2.24, 2.45) is 0 Å². The lowest BCUT2D eigenvalue weighted by atomic mass is 10.1. The summed E-state index contributed by atoms with van der Waals surface area (Å²) in [5.41, 5.74) is 3.10. The minimum absolute atomic E-state index is 0.0529. The molecule has 29 heavy (non-hydrogen) atoms. The average molecular weight is 399 g/mol. The Hall–Kier alpha value is -3.33. The quantitative estimate of drug-likeness (QED) is 0.748. The monoisotopic (exact) mass is 399 g/mol. The van der Waals surface area contributed by atoms with Crippen LogP contribution in [0.2, 0.25) is 0 Å². The van der Waals surface area contributed by atoms with Crippen molar-refractivity contribution in [2.75, 3.05) is 31.8 Å². The molecule has 1 fully saturated rings. The molecular formula is C20H21N3O6. The topological polar surface area (TPSA) is 99.1 Å². The van der Waals surface area contributed by atoms with Gasteiger partial charge in [-0.3, -0.25) is 14.3 Å². The number of benzene rings is 1. The van der Waals surface area contributed by atoms with Gasteiger partial charge in [-0.05, 0) is 12.5 Å². The second-order valence-corrected chi connectivity index (χ2v) is 6.63. The Kier molecular flexibility index (Phi) is 5.22. The van der Waals surface area contributed by atoms with Gasteiger partial charge in [-0.2, -0.15) is 0 Å². The van der Waals surface area contributed by atoms with Gasteiger partial charge in [0.05, 0.1) is 19.8 Å². The van der Waals surface area contributed by atoms with E-state index in [1.165, 1.54) is 10.9 Å². The highest BCUT2D eigenvalue weighted by molar-refractivity contribution is 5.98.